The Morgan fingerprint density at radius 2 is 2.13 bits per heavy atom. The van der Waals surface area contributed by atoms with E-state index < -0.39 is 0 Å². The molecule has 0 aliphatic carbocycles. The summed E-state index contributed by atoms with van der Waals surface area (Å²) in [5, 5.41) is 6.41. The Morgan fingerprint density at radius 1 is 1.30 bits per heavy atom. The van der Waals surface area contributed by atoms with Gasteiger partial charge in [0.1, 0.15) is 0 Å². The van der Waals surface area contributed by atoms with Gasteiger partial charge in [0.2, 0.25) is 5.91 Å². The van der Waals surface area contributed by atoms with E-state index in [0.717, 1.165) is 27.7 Å². The molecule has 2 amide bonds. The molecule has 1 aromatic heterocycles. The van der Waals surface area contributed by atoms with E-state index in [1.165, 1.54) is 0 Å². The molecule has 2 heterocycles. The quantitative estimate of drug-likeness (QED) is 0.477. The number of amides is 2. The number of carbonyl (C=O) groups excluding carboxylic acids is 2. The van der Waals surface area contributed by atoms with Crippen LogP contribution in [0.15, 0.2) is 52.7 Å². The molecule has 5 nitrogen and oxygen atoms in total. The highest BCUT2D eigenvalue weighted by atomic mass is 35.5. The molecule has 0 bridgehead atoms. The van der Waals surface area contributed by atoms with Gasteiger partial charge in [0, 0.05) is 34.7 Å². The lowest BCUT2D eigenvalue weighted by atomic mass is 10.2. The average Bonchev–Trinajstić information content (AvgIpc) is 3.36. The van der Waals surface area contributed by atoms with Gasteiger partial charge in [-0.05, 0) is 43.7 Å². The fourth-order valence-electron chi connectivity index (χ4n) is 3.29. The van der Waals surface area contributed by atoms with E-state index in [9.17, 15) is 9.59 Å². The molecular weight excluding hydrogens is 438 g/mol. The van der Waals surface area contributed by atoms with E-state index in [-0.39, 0.29) is 11.8 Å². The molecule has 154 valence electrons. The number of hydrogen-bond acceptors (Lipinski definition) is 5. The number of nitrogens with zero attached hydrogens (tertiary/aromatic N) is 2. The zero-order valence-corrected chi connectivity index (χ0v) is 18.7. The first-order valence-corrected chi connectivity index (χ1v) is 11.8. The Hall–Kier alpha value is -2.35. The summed E-state index contributed by atoms with van der Waals surface area (Å²) >= 11 is 9.52. The minimum absolute atomic E-state index is 0.0913. The summed E-state index contributed by atoms with van der Waals surface area (Å²) in [7, 11) is 0. The highest BCUT2D eigenvalue weighted by Gasteiger charge is 2.23. The van der Waals surface area contributed by atoms with Crippen LogP contribution in [0.1, 0.15) is 33.9 Å². The Balaban J connectivity index is 1.52. The van der Waals surface area contributed by atoms with Crippen molar-refractivity contribution in [1.29, 1.82) is 0 Å². The molecule has 3 aromatic rings. The number of anilines is 2. The molecule has 0 atom stereocenters. The van der Waals surface area contributed by atoms with Crippen molar-refractivity contribution in [2.24, 2.45) is 0 Å². The lowest BCUT2D eigenvalue weighted by Crippen LogP contribution is -2.24. The van der Waals surface area contributed by atoms with Crippen molar-refractivity contribution in [2.45, 2.75) is 30.4 Å². The normalized spacial score (nSPS) is 13.7. The molecule has 8 heteroatoms. The Labute approximate surface area is 188 Å². The first-order chi connectivity index (χ1) is 14.5. The largest absolute Gasteiger partial charge is 0.321 e. The minimum Gasteiger partial charge on any atom is -0.321 e. The Kier molecular flexibility index (Phi) is 6.41. The molecule has 1 N–H and O–H groups in total. The summed E-state index contributed by atoms with van der Waals surface area (Å²) in [5.41, 5.74) is 2.82. The summed E-state index contributed by atoms with van der Waals surface area (Å²) in [5.74, 6) is 0.551. The van der Waals surface area contributed by atoms with Crippen LogP contribution in [-0.2, 0) is 10.5 Å². The highest BCUT2D eigenvalue weighted by molar-refractivity contribution is 7.98. The monoisotopic (exact) mass is 457 g/mol. The van der Waals surface area contributed by atoms with E-state index in [2.05, 4.69) is 10.3 Å². The fraction of sp³-hybridized carbons (Fsp3) is 0.227. The standard InChI is InChI=1S/C22H20ClN3O2S2/c1-14-24-15(12-29-14)13-30-20-6-3-2-5-17(20)22(28)25-19-11-16(8-9-18(19)23)26-10-4-7-21(26)27/h2-3,5-6,8-9,11-12H,4,7,10,13H2,1H3,(H,25,28). The van der Waals surface area contributed by atoms with Gasteiger partial charge in [-0.15, -0.1) is 23.1 Å². The second-order valence-electron chi connectivity index (χ2n) is 6.91. The number of thiazole rings is 1. The number of aryl methyl sites for hydroxylation is 1. The van der Waals surface area contributed by atoms with Crippen LogP contribution in [0.4, 0.5) is 11.4 Å². The molecule has 30 heavy (non-hydrogen) atoms. The smallest absolute Gasteiger partial charge is 0.256 e. The summed E-state index contributed by atoms with van der Waals surface area (Å²) in [6, 6.07) is 12.8. The lowest BCUT2D eigenvalue weighted by Gasteiger charge is -2.18. The van der Waals surface area contributed by atoms with Crippen molar-refractivity contribution >= 4 is 57.9 Å². The molecular formula is C22H20ClN3O2S2. The third-order valence-corrected chi connectivity index (χ3v) is 7.02. The van der Waals surface area contributed by atoms with E-state index >= 15 is 0 Å². The number of benzene rings is 2. The van der Waals surface area contributed by atoms with Crippen LogP contribution in [0.5, 0.6) is 0 Å². The first-order valence-electron chi connectivity index (χ1n) is 9.55. The van der Waals surface area contributed by atoms with Crippen molar-refractivity contribution in [3.63, 3.8) is 0 Å². The van der Waals surface area contributed by atoms with Gasteiger partial charge in [0.25, 0.3) is 5.91 Å². The average molecular weight is 458 g/mol. The second kappa shape index (κ2) is 9.20. The number of nitrogens with one attached hydrogen (secondary N) is 1. The Morgan fingerprint density at radius 3 is 2.87 bits per heavy atom. The molecule has 2 aromatic carbocycles. The van der Waals surface area contributed by atoms with Crippen LogP contribution in [0.25, 0.3) is 0 Å². The van der Waals surface area contributed by atoms with Crippen LogP contribution in [-0.4, -0.2) is 23.3 Å². The van der Waals surface area contributed by atoms with Crippen LogP contribution in [0, 0.1) is 6.92 Å². The van der Waals surface area contributed by atoms with Gasteiger partial charge >= 0.3 is 0 Å². The van der Waals surface area contributed by atoms with E-state index in [1.807, 2.05) is 30.5 Å². The van der Waals surface area contributed by atoms with Gasteiger partial charge in [-0.3, -0.25) is 9.59 Å². The SMILES string of the molecule is Cc1nc(CSc2ccccc2C(=O)Nc2cc(N3CCCC3=O)ccc2Cl)cs1. The predicted octanol–water partition coefficient (Wildman–Crippen LogP) is 5.78. The van der Waals surface area contributed by atoms with Gasteiger partial charge in [-0.1, -0.05) is 23.7 Å². The number of aromatic nitrogens is 1. The molecule has 0 spiro atoms. The summed E-state index contributed by atoms with van der Waals surface area (Å²) in [4.78, 5) is 32.2. The van der Waals surface area contributed by atoms with Crippen LogP contribution >= 0.6 is 34.7 Å². The second-order valence-corrected chi connectivity index (χ2v) is 9.40. The molecule has 1 aliphatic rings. The van der Waals surface area contributed by atoms with Crippen molar-refractivity contribution < 1.29 is 9.59 Å². The molecule has 1 aliphatic heterocycles. The Bertz CT molecular complexity index is 1100. The molecule has 1 fully saturated rings. The van der Waals surface area contributed by atoms with Gasteiger partial charge in [-0.2, -0.15) is 0 Å². The van der Waals surface area contributed by atoms with Gasteiger partial charge in [-0.25, -0.2) is 4.98 Å². The number of carbonyl (C=O) groups is 2. The van der Waals surface area contributed by atoms with E-state index in [0.29, 0.717) is 35.0 Å². The first kappa shape index (κ1) is 20.9. The summed E-state index contributed by atoms with van der Waals surface area (Å²) in [6.45, 7) is 2.66. The minimum atomic E-state index is -0.237. The molecule has 0 radical (unpaired) electrons. The van der Waals surface area contributed by atoms with Crippen LogP contribution in [0.2, 0.25) is 5.02 Å². The number of halogens is 1. The third-order valence-electron chi connectivity index (χ3n) is 4.76. The maximum Gasteiger partial charge on any atom is 0.256 e. The van der Waals surface area contributed by atoms with Crippen molar-refractivity contribution in [2.75, 3.05) is 16.8 Å². The van der Waals surface area contributed by atoms with Gasteiger partial charge in [0.15, 0.2) is 0 Å². The van der Waals surface area contributed by atoms with Crippen molar-refractivity contribution in [3.8, 4) is 0 Å². The maximum absolute atomic E-state index is 13.0. The third kappa shape index (κ3) is 4.69. The topological polar surface area (TPSA) is 62.3 Å². The number of hydrogen-bond donors (Lipinski definition) is 1. The molecule has 0 unspecified atom stereocenters. The summed E-state index contributed by atoms with van der Waals surface area (Å²) in [6.07, 6.45) is 1.39. The maximum atomic E-state index is 13.0. The summed E-state index contributed by atoms with van der Waals surface area (Å²) < 4.78 is 0. The van der Waals surface area contributed by atoms with Crippen molar-refractivity contribution in [1.82, 2.24) is 4.98 Å². The predicted molar refractivity (Wildman–Crippen MR) is 124 cm³/mol. The fourth-order valence-corrected chi connectivity index (χ4v) is 5.12. The van der Waals surface area contributed by atoms with Gasteiger partial charge in [0.05, 0.1) is 27.0 Å². The highest BCUT2D eigenvalue weighted by Crippen LogP contribution is 2.32. The van der Waals surface area contributed by atoms with E-state index in [4.69, 9.17) is 11.6 Å². The van der Waals surface area contributed by atoms with E-state index in [1.54, 1.807) is 52.3 Å². The zero-order valence-electron chi connectivity index (χ0n) is 16.4. The molecule has 4 rings (SSSR count). The lowest BCUT2D eigenvalue weighted by molar-refractivity contribution is -0.117. The van der Waals surface area contributed by atoms with Crippen LogP contribution in [0.3, 0.4) is 0 Å². The number of rotatable bonds is 6. The molecule has 0 saturated carbocycles. The zero-order chi connectivity index (χ0) is 21.1. The molecule has 1 saturated heterocycles. The van der Waals surface area contributed by atoms with Gasteiger partial charge < -0.3 is 10.2 Å². The van der Waals surface area contributed by atoms with Crippen molar-refractivity contribution in [3.05, 3.63) is 69.1 Å². The number of thioether (sulfide) groups is 1. The van der Waals surface area contributed by atoms with Crippen LogP contribution < -0.4 is 10.2 Å².